The molecule has 0 amide bonds. The topological polar surface area (TPSA) is 23.6 Å². The molecule has 1 atom stereocenters. The number of nitrogens with zero attached hydrogens (tertiary/aromatic N) is 2. The molecule has 0 radical (unpaired) electrons. The number of piperidine rings is 1. The van der Waals surface area contributed by atoms with E-state index in [0.29, 0.717) is 0 Å². The van der Waals surface area contributed by atoms with Crippen molar-refractivity contribution in [3.63, 3.8) is 0 Å². The molecule has 3 rings (SSSR count). The van der Waals surface area contributed by atoms with Crippen molar-refractivity contribution in [2.75, 3.05) is 32.7 Å². The van der Waals surface area contributed by atoms with Crippen molar-refractivity contribution in [2.45, 2.75) is 57.9 Å². The largest absolute Gasteiger partial charge is 0.303 e. The zero-order valence-electron chi connectivity index (χ0n) is 13.0. The molecule has 3 nitrogen and oxygen atoms in total. The highest BCUT2D eigenvalue weighted by Crippen LogP contribution is 2.38. The number of hydrogen-bond donors (Lipinski definition) is 0. The highest BCUT2D eigenvalue weighted by molar-refractivity contribution is 5.60. The highest BCUT2D eigenvalue weighted by atomic mass is 16.1. The molecule has 3 fully saturated rings. The summed E-state index contributed by atoms with van der Waals surface area (Å²) in [6, 6.07) is 0.767. The van der Waals surface area contributed by atoms with Crippen molar-refractivity contribution in [1.29, 1.82) is 0 Å². The Kier molecular flexibility index (Phi) is 4.46. The van der Waals surface area contributed by atoms with Gasteiger partial charge >= 0.3 is 0 Å². The molecule has 2 aliphatic heterocycles. The highest BCUT2D eigenvalue weighted by Gasteiger charge is 2.38. The summed E-state index contributed by atoms with van der Waals surface area (Å²) in [5.41, 5.74) is -0.0245. The predicted molar refractivity (Wildman–Crippen MR) is 81.8 cm³/mol. The van der Waals surface area contributed by atoms with Gasteiger partial charge in [0.2, 0.25) is 0 Å². The van der Waals surface area contributed by atoms with Crippen molar-refractivity contribution < 1.29 is 4.79 Å². The Morgan fingerprint density at radius 2 is 1.90 bits per heavy atom. The van der Waals surface area contributed by atoms with Crippen LogP contribution in [0.3, 0.4) is 0 Å². The average molecular weight is 278 g/mol. The van der Waals surface area contributed by atoms with Crippen LogP contribution in [0.5, 0.6) is 0 Å². The van der Waals surface area contributed by atoms with E-state index in [1.165, 1.54) is 64.6 Å². The van der Waals surface area contributed by atoms with Crippen LogP contribution in [-0.2, 0) is 4.79 Å². The van der Waals surface area contributed by atoms with Gasteiger partial charge in [0.05, 0.1) is 0 Å². The molecule has 2 saturated heterocycles. The number of rotatable bonds is 3. The van der Waals surface area contributed by atoms with E-state index >= 15 is 0 Å². The second kappa shape index (κ2) is 6.15. The van der Waals surface area contributed by atoms with Gasteiger partial charge in [-0.2, -0.15) is 0 Å². The van der Waals surface area contributed by atoms with Crippen molar-refractivity contribution in [2.24, 2.45) is 11.3 Å². The van der Waals surface area contributed by atoms with Crippen LogP contribution in [0.25, 0.3) is 0 Å². The van der Waals surface area contributed by atoms with E-state index in [9.17, 15) is 4.79 Å². The summed E-state index contributed by atoms with van der Waals surface area (Å²) >= 11 is 0. The molecule has 1 saturated carbocycles. The first-order valence-corrected chi connectivity index (χ1v) is 8.63. The summed E-state index contributed by atoms with van der Waals surface area (Å²) < 4.78 is 0. The summed E-state index contributed by atoms with van der Waals surface area (Å²) in [6.07, 6.45) is 10.1. The van der Waals surface area contributed by atoms with Gasteiger partial charge < -0.3 is 4.79 Å². The van der Waals surface area contributed by atoms with Crippen molar-refractivity contribution >= 4 is 6.29 Å². The quantitative estimate of drug-likeness (QED) is 0.741. The maximum atomic E-state index is 11.7. The molecule has 0 aromatic rings. The Balaban J connectivity index is 1.58. The number of carbonyl (C=O) groups is 1. The summed E-state index contributed by atoms with van der Waals surface area (Å²) in [5, 5.41) is 0. The second-order valence-corrected chi connectivity index (χ2v) is 7.58. The first-order chi connectivity index (χ1) is 9.71. The van der Waals surface area contributed by atoms with E-state index in [4.69, 9.17) is 0 Å². The number of piperazine rings is 1. The molecule has 1 aliphatic carbocycles. The SMILES string of the molecule is CC1CCC(C=O)(CN2CCN3CCCCC3C2)CC1. The molecule has 0 spiro atoms. The van der Waals surface area contributed by atoms with Crippen LogP contribution in [0.1, 0.15) is 51.9 Å². The molecular formula is C17H30N2O. The molecule has 0 bridgehead atoms. The summed E-state index contributed by atoms with van der Waals surface area (Å²) in [7, 11) is 0. The van der Waals surface area contributed by atoms with Crippen LogP contribution >= 0.6 is 0 Å². The molecule has 3 aliphatic rings. The standard InChI is InChI=1S/C17H30N2O/c1-15-5-7-17(14-20,8-6-15)13-18-10-11-19-9-3-2-4-16(19)12-18/h14-16H,2-13H2,1H3. The molecule has 1 unspecified atom stereocenters. The third kappa shape index (κ3) is 3.09. The van der Waals surface area contributed by atoms with E-state index in [1.807, 2.05) is 0 Å². The molecule has 20 heavy (non-hydrogen) atoms. The maximum Gasteiger partial charge on any atom is 0.127 e. The lowest BCUT2D eigenvalue weighted by atomic mass is 9.71. The van der Waals surface area contributed by atoms with Crippen molar-refractivity contribution in [3.8, 4) is 0 Å². The number of hydrogen-bond acceptors (Lipinski definition) is 3. The van der Waals surface area contributed by atoms with Gasteiger partial charge in [0, 0.05) is 37.6 Å². The number of carbonyl (C=O) groups excluding carboxylic acids is 1. The normalized spacial score (nSPS) is 40.2. The summed E-state index contributed by atoms with van der Waals surface area (Å²) in [4.78, 5) is 17.0. The number of aldehydes is 1. The summed E-state index contributed by atoms with van der Waals surface area (Å²) in [5.74, 6) is 0.818. The van der Waals surface area contributed by atoms with E-state index in [0.717, 1.165) is 31.3 Å². The molecule has 0 aromatic heterocycles. The van der Waals surface area contributed by atoms with Gasteiger partial charge in [-0.1, -0.05) is 13.3 Å². The minimum absolute atomic E-state index is 0.0245. The third-order valence-electron chi connectivity index (χ3n) is 5.98. The zero-order chi connectivity index (χ0) is 14.0. The van der Waals surface area contributed by atoms with Gasteiger partial charge in [0.1, 0.15) is 6.29 Å². The lowest BCUT2D eigenvalue weighted by molar-refractivity contribution is -0.120. The van der Waals surface area contributed by atoms with Crippen LogP contribution in [0, 0.1) is 11.3 Å². The lowest BCUT2D eigenvalue weighted by Gasteiger charge is -2.47. The first-order valence-electron chi connectivity index (χ1n) is 8.63. The van der Waals surface area contributed by atoms with Gasteiger partial charge in [0.15, 0.2) is 0 Å². The third-order valence-corrected chi connectivity index (χ3v) is 5.98. The minimum Gasteiger partial charge on any atom is -0.303 e. The molecule has 114 valence electrons. The van der Waals surface area contributed by atoms with Crippen LogP contribution in [0.4, 0.5) is 0 Å². The van der Waals surface area contributed by atoms with Crippen LogP contribution in [0.2, 0.25) is 0 Å². The van der Waals surface area contributed by atoms with Crippen molar-refractivity contribution in [1.82, 2.24) is 9.80 Å². The smallest absolute Gasteiger partial charge is 0.127 e. The molecule has 0 N–H and O–H groups in total. The van der Waals surface area contributed by atoms with Crippen molar-refractivity contribution in [3.05, 3.63) is 0 Å². The minimum atomic E-state index is -0.0245. The molecule has 2 heterocycles. The van der Waals surface area contributed by atoms with Gasteiger partial charge in [-0.15, -0.1) is 0 Å². The average Bonchev–Trinajstić information content (AvgIpc) is 2.50. The van der Waals surface area contributed by atoms with E-state index in [1.54, 1.807) is 0 Å². The fourth-order valence-electron chi connectivity index (χ4n) is 4.46. The second-order valence-electron chi connectivity index (χ2n) is 7.58. The van der Waals surface area contributed by atoms with Crippen LogP contribution in [0.15, 0.2) is 0 Å². The molecule has 0 aromatic carbocycles. The van der Waals surface area contributed by atoms with Crippen LogP contribution in [-0.4, -0.2) is 54.9 Å². The monoisotopic (exact) mass is 278 g/mol. The zero-order valence-corrected chi connectivity index (χ0v) is 13.0. The Hall–Kier alpha value is -0.410. The predicted octanol–water partition coefficient (Wildman–Crippen LogP) is 2.55. The van der Waals surface area contributed by atoms with Crippen LogP contribution < -0.4 is 0 Å². The maximum absolute atomic E-state index is 11.7. The van der Waals surface area contributed by atoms with Gasteiger partial charge in [-0.25, -0.2) is 0 Å². The fourth-order valence-corrected chi connectivity index (χ4v) is 4.46. The Morgan fingerprint density at radius 1 is 1.10 bits per heavy atom. The first kappa shape index (κ1) is 14.5. The molecule has 3 heteroatoms. The lowest BCUT2D eigenvalue weighted by Crippen LogP contribution is -2.57. The fraction of sp³-hybridized carbons (Fsp3) is 0.941. The Labute approximate surface area is 123 Å². The number of fused-ring (bicyclic) bond motifs is 1. The van der Waals surface area contributed by atoms with E-state index < -0.39 is 0 Å². The van der Waals surface area contributed by atoms with Gasteiger partial charge in [-0.3, -0.25) is 9.80 Å². The Bertz CT molecular complexity index is 336. The van der Waals surface area contributed by atoms with Gasteiger partial charge in [0.25, 0.3) is 0 Å². The summed E-state index contributed by atoms with van der Waals surface area (Å²) in [6.45, 7) is 8.24. The van der Waals surface area contributed by atoms with E-state index in [-0.39, 0.29) is 5.41 Å². The van der Waals surface area contributed by atoms with E-state index in [2.05, 4.69) is 16.7 Å². The van der Waals surface area contributed by atoms with Gasteiger partial charge in [-0.05, 0) is 51.0 Å². The molecular weight excluding hydrogens is 248 g/mol. The Morgan fingerprint density at radius 3 is 2.65 bits per heavy atom.